The second kappa shape index (κ2) is 8.99. The van der Waals surface area contributed by atoms with Crippen LogP contribution in [0.3, 0.4) is 0 Å². The Morgan fingerprint density at radius 1 is 1.12 bits per heavy atom. The Kier molecular flexibility index (Phi) is 7.85. The molecule has 0 bridgehead atoms. The predicted octanol–water partition coefficient (Wildman–Crippen LogP) is 4.57. The molecule has 0 saturated heterocycles. The Morgan fingerprint density at radius 2 is 1.88 bits per heavy atom. The van der Waals surface area contributed by atoms with E-state index in [9.17, 15) is 0 Å². The molecular formula is C12H17Br2NO. The molecule has 0 aliphatic rings. The first-order valence-electron chi connectivity index (χ1n) is 5.64. The lowest BCUT2D eigenvalue weighted by Gasteiger charge is -2.06. The number of pyridine rings is 1. The van der Waals surface area contributed by atoms with Gasteiger partial charge in [0, 0.05) is 11.5 Å². The van der Waals surface area contributed by atoms with E-state index in [1.807, 2.05) is 12.1 Å². The summed E-state index contributed by atoms with van der Waals surface area (Å²) in [5, 5.41) is 1.12. The smallest absolute Gasteiger partial charge is 0.227 e. The van der Waals surface area contributed by atoms with Gasteiger partial charge >= 0.3 is 0 Å². The molecule has 0 unspecified atom stereocenters. The fourth-order valence-corrected chi connectivity index (χ4v) is 2.14. The molecule has 1 aromatic heterocycles. The fraction of sp³-hybridized carbons (Fsp3) is 0.583. The maximum Gasteiger partial charge on any atom is 0.227 e. The lowest BCUT2D eigenvalue weighted by atomic mass is 10.2. The van der Waals surface area contributed by atoms with Crippen molar-refractivity contribution >= 4 is 31.9 Å². The fourth-order valence-electron chi connectivity index (χ4n) is 1.37. The maximum absolute atomic E-state index is 5.58. The van der Waals surface area contributed by atoms with Crippen LogP contribution in [0.25, 0.3) is 0 Å². The molecule has 0 N–H and O–H groups in total. The summed E-state index contributed by atoms with van der Waals surface area (Å²) in [6.45, 7) is 0.754. The zero-order valence-corrected chi connectivity index (χ0v) is 12.5. The largest absolute Gasteiger partial charge is 0.477 e. The molecule has 90 valence electrons. The summed E-state index contributed by atoms with van der Waals surface area (Å²) >= 11 is 6.84. The van der Waals surface area contributed by atoms with Gasteiger partial charge in [0.15, 0.2) is 0 Å². The molecule has 0 aliphatic carbocycles. The highest BCUT2D eigenvalue weighted by molar-refractivity contribution is 9.10. The summed E-state index contributed by atoms with van der Waals surface area (Å²) in [4.78, 5) is 4.15. The van der Waals surface area contributed by atoms with Crippen molar-refractivity contribution in [1.82, 2.24) is 4.98 Å². The van der Waals surface area contributed by atoms with Gasteiger partial charge in [-0.3, -0.25) is 0 Å². The lowest BCUT2D eigenvalue weighted by molar-refractivity contribution is 0.291. The quantitative estimate of drug-likeness (QED) is 0.506. The van der Waals surface area contributed by atoms with Crippen molar-refractivity contribution in [3.8, 4) is 5.88 Å². The van der Waals surface area contributed by atoms with Crippen LogP contribution >= 0.6 is 31.9 Å². The molecule has 0 amide bonds. The highest BCUT2D eigenvalue weighted by atomic mass is 79.9. The van der Waals surface area contributed by atoms with Crippen molar-refractivity contribution in [3.05, 3.63) is 22.8 Å². The number of aromatic nitrogens is 1. The first-order chi connectivity index (χ1) is 7.84. The molecule has 0 aliphatic heterocycles. The van der Waals surface area contributed by atoms with E-state index in [2.05, 4.69) is 36.8 Å². The van der Waals surface area contributed by atoms with Crippen LogP contribution in [-0.2, 0) is 0 Å². The molecule has 1 aromatic rings. The summed E-state index contributed by atoms with van der Waals surface area (Å²) < 4.78 is 6.50. The van der Waals surface area contributed by atoms with Gasteiger partial charge in [0.2, 0.25) is 5.88 Å². The summed E-state index contributed by atoms with van der Waals surface area (Å²) in [7, 11) is 0. The van der Waals surface area contributed by atoms with E-state index < -0.39 is 0 Å². The van der Waals surface area contributed by atoms with Gasteiger partial charge in [-0.2, -0.15) is 0 Å². The van der Waals surface area contributed by atoms with Gasteiger partial charge in [0.1, 0.15) is 0 Å². The van der Waals surface area contributed by atoms with Crippen LogP contribution in [0, 0.1) is 0 Å². The van der Waals surface area contributed by atoms with E-state index in [0.717, 1.165) is 22.8 Å². The standard InChI is InChI=1S/C12H17Br2NO/c13-8-4-2-1-3-5-10-16-12-11(14)7-6-9-15-12/h6-7,9H,1-5,8,10H2. The topological polar surface area (TPSA) is 22.1 Å². The minimum absolute atomic E-state index is 0.697. The zero-order chi connectivity index (χ0) is 11.6. The van der Waals surface area contributed by atoms with Crippen molar-refractivity contribution in [1.29, 1.82) is 0 Å². The van der Waals surface area contributed by atoms with Gasteiger partial charge in [-0.15, -0.1) is 0 Å². The molecule has 1 rings (SSSR count). The third kappa shape index (κ3) is 5.85. The van der Waals surface area contributed by atoms with Crippen molar-refractivity contribution in [2.24, 2.45) is 0 Å². The highest BCUT2D eigenvalue weighted by Crippen LogP contribution is 2.20. The Labute approximate surface area is 114 Å². The Morgan fingerprint density at radius 3 is 2.62 bits per heavy atom. The molecule has 0 atom stereocenters. The van der Waals surface area contributed by atoms with Crippen molar-refractivity contribution in [3.63, 3.8) is 0 Å². The third-order valence-corrected chi connectivity index (χ3v) is 3.41. The summed E-state index contributed by atoms with van der Waals surface area (Å²) in [5.74, 6) is 0.697. The average molecular weight is 351 g/mol. The molecule has 16 heavy (non-hydrogen) atoms. The first-order valence-corrected chi connectivity index (χ1v) is 7.55. The van der Waals surface area contributed by atoms with Crippen molar-refractivity contribution in [2.45, 2.75) is 32.1 Å². The number of ether oxygens (including phenoxy) is 1. The van der Waals surface area contributed by atoms with Gasteiger partial charge in [-0.1, -0.05) is 35.2 Å². The molecule has 2 nitrogen and oxygen atoms in total. The van der Waals surface area contributed by atoms with Crippen LogP contribution in [0.1, 0.15) is 32.1 Å². The average Bonchev–Trinajstić information content (AvgIpc) is 2.30. The SMILES string of the molecule is BrCCCCCCCOc1ncccc1Br. The Balaban J connectivity index is 2.05. The highest BCUT2D eigenvalue weighted by Gasteiger charge is 2.00. The van der Waals surface area contributed by atoms with E-state index in [1.54, 1.807) is 6.20 Å². The summed E-state index contributed by atoms with van der Waals surface area (Å²) in [6.07, 6.45) is 7.95. The molecule has 4 heteroatoms. The zero-order valence-electron chi connectivity index (χ0n) is 9.29. The van der Waals surface area contributed by atoms with E-state index in [4.69, 9.17) is 4.74 Å². The number of hydrogen-bond donors (Lipinski definition) is 0. The van der Waals surface area contributed by atoms with E-state index in [1.165, 1.54) is 25.7 Å². The van der Waals surface area contributed by atoms with Crippen LogP contribution in [-0.4, -0.2) is 16.9 Å². The molecule has 0 saturated carbocycles. The van der Waals surface area contributed by atoms with Gasteiger partial charge in [-0.25, -0.2) is 4.98 Å². The van der Waals surface area contributed by atoms with Crippen LogP contribution in [0.15, 0.2) is 22.8 Å². The summed E-state index contributed by atoms with van der Waals surface area (Å²) in [5.41, 5.74) is 0. The van der Waals surface area contributed by atoms with Gasteiger partial charge < -0.3 is 4.74 Å². The maximum atomic E-state index is 5.58. The monoisotopic (exact) mass is 349 g/mol. The normalized spacial score (nSPS) is 10.4. The first kappa shape index (κ1) is 14.0. The number of unbranched alkanes of at least 4 members (excludes halogenated alkanes) is 4. The molecule has 1 heterocycles. The van der Waals surface area contributed by atoms with Crippen LogP contribution < -0.4 is 4.74 Å². The number of alkyl halides is 1. The molecule has 0 radical (unpaired) electrons. The second-order valence-corrected chi connectivity index (χ2v) is 5.24. The predicted molar refractivity (Wildman–Crippen MR) is 74.3 cm³/mol. The van der Waals surface area contributed by atoms with Crippen molar-refractivity contribution in [2.75, 3.05) is 11.9 Å². The minimum Gasteiger partial charge on any atom is -0.477 e. The number of rotatable bonds is 8. The molecule has 0 spiro atoms. The molecule has 0 aromatic carbocycles. The molecule has 0 fully saturated rings. The number of halogens is 2. The van der Waals surface area contributed by atoms with Crippen LogP contribution in [0.5, 0.6) is 5.88 Å². The Bertz CT molecular complexity index is 294. The minimum atomic E-state index is 0.697. The van der Waals surface area contributed by atoms with Crippen LogP contribution in [0.4, 0.5) is 0 Å². The number of nitrogens with zero attached hydrogens (tertiary/aromatic N) is 1. The van der Waals surface area contributed by atoms with E-state index in [-0.39, 0.29) is 0 Å². The van der Waals surface area contributed by atoms with Crippen molar-refractivity contribution < 1.29 is 4.74 Å². The lowest BCUT2D eigenvalue weighted by Crippen LogP contribution is -1.99. The number of hydrogen-bond acceptors (Lipinski definition) is 2. The van der Waals surface area contributed by atoms with Crippen LogP contribution in [0.2, 0.25) is 0 Å². The second-order valence-electron chi connectivity index (χ2n) is 3.60. The van der Waals surface area contributed by atoms with E-state index >= 15 is 0 Å². The summed E-state index contributed by atoms with van der Waals surface area (Å²) in [6, 6.07) is 3.83. The van der Waals surface area contributed by atoms with Gasteiger partial charge in [-0.05, 0) is 40.9 Å². The molecular weight excluding hydrogens is 334 g/mol. The Hall–Kier alpha value is -0.0900. The van der Waals surface area contributed by atoms with Gasteiger partial charge in [0.05, 0.1) is 11.1 Å². The van der Waals surface area contributed by atoms with E-state index in [0.29, 0.717) is 5.88 Å². The third-order valence-electron chi connectivity index (χ3n) is 2.24. The van der Waals surface area contributed by atoms with Gasteiger partial charge in [0.25, 0.3) is 0 Å².